The molecule has 3 aromatic rings. The molecule has 2 heterocycles. The topological polar surface area (TPSA) is 45.2 Å². The van der Waals surface area contributed by atoms with E-state index in [1.165, 1.54) is 11.3 Å². The lowest BCUT2D eigenvalue weighted by Crippen LogP contribution is -1.95. The van der Waals surface area contributed by atoms with Crippen LogP contribution in [0.15, 0.2) is 65.2 Å². The van der Waals surface area contributed by atoms with E-state index in [-0.39, 0.29) is 11.5 Å². The van der Waals surface area contributed by atoms with Gasteiger partial charge in [-0.3, -0.25) is 4.79 Å². The van der Waals surface area contributed by atoms with E-state index in [0.29, 0.717) is 22.3 Å². The van der Waals surface area contributed by atoms with Crippen molar-refractivity contribution in [2.75, 3.05) is 0 Å². The van der Waals surface area contributed by atoms with Gasteiger partial charge in [-0.05, 0) is 35.2 Å². The van der Waals surface area contributed by atoms with Crippen molar-refractivity contribution in [3.05, 3.63) is 102 Å². The highest BCUT2D eigenvalue weighted by molar-refractivity contribution is 7.97. The Kier molecular flexibility index (Phi) is 5.80. The molecule has 3 nitrogen and oxygen atoms in total. The van der Waals surface area contributed by atoms with Crippen LogP contribution in [-0.4, -0.2) is 5.78 Å². The molecule has 2 aromatic heterocycles. The fraction of sp³-hybridized carbons (Fsp3) is 0. The summed E-state index contributed by atoms with van der Waals surface area (Å²) in [4.78, 5) is 20.7. The average Bonchev–Trinajstić information content (AvgIpc) is 3.51. The third kappa shape index (κ3) is 3.58. The van der Waals surface area contributed by atoms with E-state index in [4.69, 9.17) is 6.57 Å². The molecule has 0 saturated heterocycles. The van der Waals surface area contributed by atoms with Crippen molar-refractivity contribution < 1.29 is 4.79 Å². The third-order valence-corrected chi connectivity index (χ3v) is 7.88. The molecule has 30 heavy (non-hydrogen) atoms. The fourth-order valence-corrected chi connectivity index (χ4v) is 5.59. The molecule has 144 valence electrons. The molecule has 0 atom stereocenters. The zero-order valence-electron chi connectivity index (χ0n) is 15.3. The number of fused-ring (bicyclic) bond motifs is 1. The van der Waals surface area contributed by atoms with E-state index >= 15 is 0 Å². The first-order chi connectivity index (χ1) is 14.5. The number of rotatable bonds is 3. The standard InChI is InChI=1S/C23H12N2OS4/c1-25-17(12-24)20-14-5-2-3-6-15(14)21(26)16(20)11-13-8-9-19(30-13)23(28)22(27)18-7-4-10-29-18/h2-11,27-28H/b16-11-,20-17-,23-22?. The molecule has 0 aliphatic heterocycles. The van der Waals surface area contributed by atoms with Crippen molar-refractivity contribution in [2.24, 2.45) is 0 Å². The lowest BCUT2D eigenvalue weighted by molar-refractivity contribution is 0.104. The van der Waals surface area contributed by atoms with Gasteiger partial charge in [0.25, 0.3) is 5.70 Å². The van der Waals surface area contributed by atoms with Gasteiger partial charge in [0.15, 0.2) is 5.78 Å². The minimum Gasteiger partial charge on any atom is -0.289 e. The summed E-state index contributed by atoms with van der Waals surface area (Å²) < 4.78 is 0. The first kappa shape index (κ1) is 20.5. The second-order valence-electron chi connectivity index (χ2n) is 6.26. The molecule has 1 aromatic carbocycles. The van der Waals surface area contributed by atoms with Gasteiger partial charge < -0.3 is 0 Å². The normalized spacial score (nSPS) is 16.7. The fourth-order valence-electron chi connectivity index (χ4n) is 3.18. The summed E-state index contributed by atoms with van der Waals surface area (Å²) in [6.07, 6.45) is 1.75. The van der Waals surface area contributed by atoms with Gasteiger partial charge in [-0.15, -0.1) is 47.9 Å². The number of nitriles is 1. The van der Waals surface area contributed by atoms with Crippen LogP contribution in [0.4, 0.5) is 0 Å². The Morgan fingerprint density at radius 3 is 2.43 bits per heavy atom. The molecule has 0 fully saturated rings. The molecule has 0 radical (unpaired) electrons. The first-order valence-corrected chi connectivity index (χ1v) is 11.3. The van der Waals surface area contributed by atoms with Gasteiger partial charge >= 0.3 is 0 Å². The highest BCUT2D eigenvalue weighted by Crippen LogP contribution is 2.42. The number of thiol groups is 2. The lowest BCUT2D eigenvalue weighted by atomic mass is 10.0. The van der Waals surface area contributed by atoms with Gasteiger partial charge in [-0.1, -0.05) is 30.3 Å². The molecule has 0 spiro atoms. The molecule has 1 aliphatic carbocycles. The number of Topliss-reactive ketones (excluding diaryl/α,β-unsaturated/α-hetero) is 1. The predicted octanol–water partition coefficient (Wildman–Crippen LogP) is 6.93. The van der Waals surface area contributed by atoms with Gasteiger partial charge in [0.05, 0.1) is 12.6 Å². The maximum atomic E-state index is 13.0. The Labute approximate surface area is 193 Å². The predicted molar refractivity (Wildman–Crippen MR) is 131 cm³/mol. The Bertz CT molecular complexity index is 1330. The summed E-state index contributed by atoms with van der Waals surface area (Å²) in [6.45, 7) is 7.36. The summed E-state index contributed by atoms with van der Waals surface area (Å²) >= 11 is 12.3. The van der Waals surface area contributed by atoms with Gasteiger partial charge in [0, 0.05) is 41.2 Å². The Morgan fingerprint density at radius 2 is 1.77 bits per heavy atom. The van der Waals surface area contributed by atoms with Crippen molar-refractivity contribution in [2.45, 2.75) is 0 Å². The van der Waals surface area contributed by atoms with Crippen LogP contribution in [0.3, 0.4) is 0 Å². The summed E-state index contributed by atoms with van der Waals surface area (Å²) in [5.74, 6) is -0.179. The van der Waals surface area contributed by atoms with Crippen molar-refractivity contribution in [1.82, 2.24) is 0 Å². The van der Waals surface area contributed by atoms with E-state index in [1.807, 2.05) is 35.7 Å². The van der Waals surface area contributed by atoms with Crippen molar-refractivity contribution >= 4 is 75.2 Å². The Balaban J connectivity index is 1.80. The van der Waals surface area contributed by atoms with Gasteiger partial charge in [0.1, 0.15) is 0 Å². The number of hydrogen-bond donors (Lipinski definition) is 2. The maximum Gasteiger partial charge on any atom is 0.270 e. The molecule has 0 N–H and O–H groups in total. The minimum atomic E-state index is -0.179. The van der Waals surface area contributed by atoms with Crippen LogP contribution in [0.2, 0.25) is 0 Å². The number of carbonyl (C=O) groups is 1. The summed E-state index contributed by atoms with van der Waals surface area (Å²) in [5.41, 5.74) is 1.83. The number of benzene rings is 1. The van der Waals surface area contributed by atoms with Gasteiger partial charge in [-0.25, -0.2) is 10.1 Å². The number of carbonyl (C=O) groups excluding carboxylic acids is 1. The average molecular weight is 461 g/mol. The van der Waals surface area contributed by atoms with Crippen LogP contribution < -0.4 is 0 Å². The van der Waals surface area contributed by atoms with E-state index < -0.39 is 0 Å². The van der Waals surface area contributed by atoms with Crippen LogP contribution in [0, 0.1) is 17.9 Å². The van der Waals surface area contributed by atoms with E-state index in [1.54, 1.807) is 41.7 Å². The number of ketones is 1. The van der Waals surface area contributed by atoms with Crippen molar-refractivity contribution in [1.29, 1.82) is 5.26 Å². The maximum absolute atomic E-state index is 13.0. The molecule has 7 heteroatoms. The smallest absolute Gasteiger partial charge is 0.270 e. The van der Waals surface area contributed by atoms with Crippen LogP contribution in [0.5, 0.6) is 0 Å². The summed E-state index contributed by atoms with van der Waals surface area (Å²) in [5, 5.41) is 11.4. The highest BCUT2D eigenvalue weighted by Gasteiger charge is 2.32. The quantitative estimate of drug-likeness (QED) is 0.193. The van der Waals surface area contributed by atoms with Crippen molar-refractivity contribution in [3.63, 3.8) is 0 Å². The number of nitrogens with zero attached hydrogens (tertiary/aromatic N) is 2. The van der Waals surface area contributed by atoms with E-state index in [0.717, 1.165) is 24.4 Å². The highest BCUT2D eigenvalue weighted by atomic mass is 32.1. The second-order valence-corrected chi connectivity index (χ2v) is 9.21. The van der Waals surface area contributed by atoms with Crippen molar-refractivity contribution in [3.8, 4) is 6.07 Å². The first-order valence-electron chi connectivity index (χ1n) is 8.69. The Morgan fingerprint density at radius 1 is 1.03 bits per heavy atom. The van der Waals surface area contributed by atoms with Crippen LogP contribution >= 0.6 is 47.9 Å². The molecular formula is C23H12N2OS4. The number of thiophene rings is 2. The SMILES string of the molecule is [C-]#[N+]/C(C#N)=C1\C(=C\c2ccc(C(S)=C(S)c3cccs3)s2)C(=O)c2ccccc21. The molecule has 0 saturated carbocycles. The molecular weight excluding hydrogens is 449 g/mol. The van der Waals surface area contributed by atoms with E-state index in [9.17, 15) is 10.1 Å². The molecule has 1 aliphatic rings. The zero-order chi connectivity index (χ0) is 21.3. The summed E-state index contributed by atoms with van der Waals surface area (Å²) in [6, 6.07) is 16.8. The van der Waals surface area contributed by atoms with Gasteiger partial charge in [-0.2, -0.15) is 0 Å². The largest absolute Gasteiger partial charge is 0.289 e. The molecule has 4 rings (SSSR count). The zero-order valence-corrected chi connectivity index (χ0v) is 18.7. The third-order valence-electron chi connectivity index (χ3n) is 4.54. The number of allylic oxidation sites excluding steroid dienone is 3. The van der Waals surface area contributed by atoms with Crippen LogP contribution in [0.25, 0.3) is 26.3 Å². The minimum absolute atomic E-state index is 0.0820. The van der Waals surface area contributed by atoms with Crippen LogP contribution in [0.1, 0.15) is 30.6 Å². The monoisotopic (exact) mass is 460 g/mol. The molecule has 0 amide bonds. The summed E-state index contributed by atoms with van der Waals surface area (Å²) in [7, 11) is 0. The Hall–Kier alpha value is -2.81. The second kappa shape index (κ2) is 8.51. The molecule has 0 bridgehead atoms. The lowest BCUT2D eigenvalue weighted by Gasteiger charge is -2.02. The number of hydrogen-bond acceptors (Lipinski definition) is 6. The van der Waals surface area contributed by atoms with Crippen LogP contribution in [-0.2, 0) is 0 Å². The molecule has 0 unspecified atom stereocenters. The van der Waals surface area contributed by atoms with E-state index in [2.05, 4.69) is 30.1 Å². The van der Waals surface area contributed by atoms with Gasteiger partial charge in [0.2, 0.25) is 0 Å².